The molecule has 1 aromatic carbocycles. The zero-order chi connectivity index (χ0) is 13.0. The largest absolute Gasteiger partial charge is 0.490 e. The number of hydrogen-bond acceptors (Lipinski definition) is 3. The quantitative estimate of drug-likeness (QED) is 0.892. The van der Waals surface area contributed by atoms with Crippen LogP contribution in [-0.2, 0) is 6.42 Å². The van der Waals surface area contributed by atoms with Crippen LogP contribution in [-0.4, -0.2) is 19.8 Å². The molecule has 0 atom stereocenters. The van der Waals surface area contributed by atoms with Gasteiger partial charge in [-0.05, 0) is 48.6 Å². The van der Waals surface area contributed by atoms with Crippen LogP contribution in [0.25, 0.3) is 0 Å². The van der Waals surface area contributed by atoms with Gasteiger partial charge in [-0.15, -0.1) is 0 Å². The number of benzene rings is 1. The van der Waals surface area contributed by atoms with Gasteiger partial charge >= 0.3 is 0 Å². The lowest BCUT2D eigenvalue weighted by Crippen LogP contribution is -2.04. The summed E-state index contributed by atoms with van der Waals surface area (Å²) in [6.07, 6.45) is 2.98. The summed E-state index contributed by atoms with van der Waals surface area (Å²) in [5, 5.41) is 0. The van der Waals surface area contributed by atoms with Crippen molar-refractivity contribution in [3.8, 4) is 11.5 Å². The van der Waals surface area contributed by atoms with E-state index in [2.05, 4.69) is 26.0 Å². The maximum absolute atomic E-state index is 5.75. The van der Waals surface area contributed by atoms with Crippen LogP contribution in [0.4, 0.5) is 0 Å². The number of aryl methyl sites for hydroxylation is 1. The van der Waals surface area contributed by atoms with Crippen molar-refractivity contribution in [3.05, 3.63) is 23.3 Å². The fourth-order valence-electron chi connectivity index (χ4n) is 2.31. The first-order valence-electron chi connectivity index (χ1n) is 6.85. The average Bonchev–Trinajstić information content (AvgIpc) is 2.59. The smallest absolute Gasteiger partial charge is 0.161 e. The highest BCUT2D eigenvalue weighted by molar-refractivity contribution is 5.49. The van der Waals surface area contributed by atoms with E-state index in [9.17, 15) is 0 Å². The number of rotatable bonds is 4. The van der Waals surface area contributed by atoms with Crippen LogP contribution in [0.2, 0.25) is 0 Å². The van der Waals surface area contributed by atoms with Crippen molar-refractivity contribution >= 4 is 0 Å². The van der Waals surface area contributed by atoms with E-state index in [0.29, 0.717) is 5.92 Å². The Bertz CT molecular complexity index is 402. The predicted octanol–water partition coefficient (Wildman–Crippen LogP) is 2.86. The third kappa shape index (κ3) is 2.96. The maximum atomic E-state index is 5.75. The molecule has 0 aliphatic carbocycles. The van der Waals surface area contributed by atoms with E-state index >= 15 is 0 Å². The van der Waals surface area contributed by atoms with Crippen molar-refractivity contribution < 1.29 is 9.47 Å². The Labute approximate surface area is 109 Å². The van der Waals surface area contributed by atoms with E-state index in [4.69, 9.17) is 15.2 Å². The SMILES string of the molecule is CC(C)c1cc2c(cc1CCCN)OCCCO2. The summed E-state index contributed by atoms with van der Waals surface area (Å²) >= 11 is 0. The van der Waals surface area contributed by atoms with Crippen molar-refractivity contribution in [2.24, 2.45) is 5.73 Å². The minimum Gasteiger partial charge on any atom is -0.490 e. The molecule has 3 nitrogen and oxygen atoms in total. The molecule has 1 aromatic rings. The van der Waals surface area contributed by atoms with Gasteiger partial charge in [0.15, 0.2) is 11.5 Å². The van der Waals surface area contributed by atoms with Gasteiger partial charge in [0.05, 0.1) is 13.2 Å². The maximum Gasteiger partial charge on any atom is 0.161 e. The molecule has 100 valence electrons. The number of nitrogens with two attached hydrogens (primary N) is 1. The molecule has 1 aliphatic rings. The molecule has 0 spiro atoms. The highest BCUT2D eigenvalue weighted by Crippen LogP contribution is 2.36. The van der Waals surface area contributed by atoms with Crippen LogP contribution in [0.3, 0.4) is 0 Å². The molecule has 2 rings (SSSR count). The summed E-state index contributed by atoms with van der Waals surface area (Å²) in [6, 6.07) is 4.29. The summed E-state index contributed by atoms with van der Waals surface area (Å²) in [6.45, 7) is 6.64. The van der Waals surface area contributed by atoms with Gasteiger partial charge in [-0.3, -0.25) is 0 Å². The molecule has 3 heteroatoms. The van der Waals surface area contributed by atoms with Crippen LogP contribution < -0.4 is 15.2 Å². The molecular formula is C15H23NO2. The van der Waals surface area contributed by atoms with Gasteiger partial charge in [0.2, 0.25) is 0 Å². The summed E-state index contributed by atoms with van der Waals surface area (Å²) in [5.74, 6) is 2.28. The first kappa shape index (κ1) is 13.2. The molecule has 0 fully saturated rings. The average molecular weight is 249 g/mol. The first-order chi connectivity index (χ1) is 8.72. The van der Waals surface area contributed by atoms with Gasteiger partial charge < -0.3 is 15.2 Å². The van der Waals surface area contributed by atoms with Crippen molar-refractivity contribution in [2.75, 3.05) is 19.8 Å². The third-order valence-corrected chi connectivity index (χ3v) is 3.28. The lowest BCUT2D eigenvalue weighted by atomic mass is 9.93. The normalized spacial score (nSPS) is 14.7. The van der Waals surface area contributed by atoms with E-state index < -0.39 is 0 Å². The topological polar surface area (TPSA) is 44.5 Å². The molecule has 0 bridgehead atoms. The van der Waals surface area contributed by atoms with Crippen LogP contribution in [0.5, 0.6) is 11.5 Å². The van der Waals surface area contributed by atoms with Gasteiger partial charge in [-0.25, -0.2) is 0 Å². The van der Waals surface area contributed by atoms with Crippen molar-refractivity contribution in [3.63, 3.8) is 0 Å². The molecular weight excluding hydrogens is 226 g/mol. The number of fused-ring (bicyclic) bond motifs is 1. The molecule has 2 N–H and O–H groups in total. The second-order valence-electron chi connectivity index (χ2n) is 5.10. The molecule has 0 amide bonds. The lowest BCUT2D eigenvalue weighted by molar-refractivity contribution is 0.297. The second-order valence-corrected chi connectivity index (χ2v) is 5.10. The minimum absolute atomic E-state index is 0.495. The highest BCUT2D eigenvalue weighted by Gasteiger charge is 2.16. The molecule has 1 heterocycles. The summed E-state index contributed by atoms with van der Waals surface area (Å²) in [4.78, 5) is 0. The van der Waals surface area contributed by atoms with Gasteiger partial charge in [-0.1, -0.05) is 13.8 Å². The fraction of sp³-hybridized carbons (Fsp3) is 0.600. The Morgan fingerprint density at radius 3 is 2.44 bits per heavy atom. The van der Waals surface area contributed by atoms with Crippen LogP contribution >= 0.6 is 0 Å². The van der Waals surface area contributed by atoms with Gasteiger partial charge in [0.1, 0.15) is 0 Å². The van der Waals surface area contributed by atoms with E-state index in [-0.39, 0.29) is 0 Å². The van der Waals surface area contributed by atoms with Gasteiger partial charge in [0, 0.05) is 6.42 Å². The Kier molecular flexibility index (Phi) is 4.48. The van der Waals surface area contributed by atoms with Gasteiger partial charge in [-0.2, -0.15) is 0 Å². The summed E-state index contributed by atoms with van der Waals surface area (Å²) < 4.78 is 11.5. The summed E-state index contributed by atoms with van der Waals surface area (Å²) in [5.41, 5.74) is 8.31. The summed E-state index contributed by atoms with van der Waals surface area (Å²) in [7, 11) is 0. The minimum atomic E-state index is 0.495. The van der Waals surface area contributed by atoms with Gasteiger partial charge in [0.25, 0.3) is 0 Å². The zero-order valence-corrected chi connectivity index (χ0v) is 11.4. The Morgan fingerprint density at radius 2 is 1.83 bits per heavy atom. The Balaban J connectivity index is 2.34. The Hall–Kier alpha value is -1.22. The van der Waals surface area contributed by atoms with Crippen LogP contribution in [0.15, 0.2) is 12.1 Å². The van der Waals surface area contributed by atoms with E-state index in [1.807, 2.05) is 0 Å². The standard InChI is InChI=1S/C15H23NO2/c1-11(2)13-10-15-14(17-7-4-8-18-15)9-12(13)5-3-6-16/h9-11H,3-8,16H2,1-2H3. The monoisotopic (exact) mass is 249 g/mol. The molecule has 0 saturated heterocycles. The first-order valence-corrected chi connectivity index (χ1v) is 6.85. The van der Waals surface area contributed by atoms with Crippen molar-refractivity contribution in [2.45, 2.75) is 39.0 Å². The molecule has 0 saturated carbocycles. The van der Waals surface area contributed by atoms with E-state index in [1.165, 1.54) is 11.1 Å². The number of ether oxygens (including phenoxy) is 2. The van der Waals surface area contributed by atoms with E-state index in [0.717, 1.165) is 50.5 Å². The van der Waals surface area contributed by atoms with Crippen LogP contribution in [0.1, 0.15) is 43.7 Å². The lowest BCUT2D eigenvalue weighted by Gasteiger charge is -2.17. The Morgan fingerprint density at radius 1 is 1.17 bits per heavy atom. The predicted molar refractivity (Wildman–Crippen MR) is 73.5 cm³/mol. The second kappa shape index (κ2) is 6.10. The molecule has 1 aliphatic heterocycles. The third-order valence-electron chi connectivity index (χ3n) is 3.28. The molecule has 0 aromatic heterocycles. The molecule has 0 radical (unpaired) electrons. The fourth-order valence-corrected chi connectivity index (χ4v) is 2.31. The van der Waals surface area contributed by atoms with Crippen LogP contribution in [0, 0.1) is 0 Å². The molecule has 0 unspecified atom stereocenters. The number of hydrogen-bond donors (Lipinski definition) is 1. The van der Waals surface area contributed by atoms with Crippen molar-refractivity contribution in [1.29, 1.82) is 0 Å². The zero-order valence-electron chi connectivity index (χ0n) is 11.4. The van der Waals surface area contributed by atoms with E-state index in [1.54, 1.807) is 0 Å². The van der Waals surface area contributed by atoms with Crippen molar-refractivity contribution in [1.82, 2.24) is 0 Å². The molecule has 18 heavy (non-hydrogen) atoms. The highest BCUT2D eigenvalue weighted by atomic mass is 16.5.